The Balaban J connectivity index is 2.59. The van der Waals surface area contributed by atoms with Crippen LogP contribution < -0.4 is 11.5 Å². The van der Waals surface area contributed by atoms with E-state index in [1.54, 1.807) is 106 Å². The van der Waals surface area contributed by atoms with Crippen LogP contribution in [0.1, 0.15) is 125 Å². The summed E-state index contributed by atoms with van der Waals surface area (Å²) in [6.07, 6.45) is 33.4. The van der Waals surface area contributed by atoms with Gasteiger partial charge < -0.3 is 77.1 Å². The summed E-state index contributed by atoms with van der Waals surface area (Å²) in [5, 5.41) is 116. The van der Waals surface area contributed by atoms with Crippen LogP contribution in [0, 0.1) is 17.8 Å². The predicted molar refractivity (Wildman–Crippen MR) is 344 cm³/mol. The highest BCUT2D eigenvalue weighted by molar-refractivity contribution is 7.80. The number of hydrogen-bond acceptors (Lipinski definition) is 18. The van der Waals surface area contributed by atoms with E-state index in [0.29, 0.717) is 25.0 Å². The number of ketones is 1. The monoisotopic (exact) mass is 1260 g/mol. The molecule has 0 saturated carbocycles. The van der Waals surface area contributed by atoms with Crippen LogP contribution in [0.2, 0.25) is 0 Å². The molecule has 1 saturated heterocycles. The largest absolute Gasteiger partial charge is 0.397 e. The second-order valence-corrected chi connectivity index (χ2v) is 23.4. The van der Waals surface area contributed by atoms with E-state index in [2.05, 4.69) is 4.99 Å². The van der Waals surface area contributed by atoms with Gasteiger partial charge in [-0.05, 0) is 83.6 Å². The first kappa shape index (κ1) is 80.9. The number of Topliss-reactive ketones (excluding diaryl/α,β-unsaturated/α-hetero) is 1. The number of carbonyl (C=O) groups excluding carboxylic acids is 1. The van der Waals surface area contributed by atoms with Gasteiger partial charge in [-0.15, -0.1) is 0 Å². The zero-order chi connectivity index (χ0) is 65.9. The third-order valence-electron chi connectivity index (χ3n) is 14.3. The highest BCUT2D eigenvalue weighted by Gasteiger charge is 2.48. The fourth-order valence-electron chi connectivity index (χ4n) is 9.14. The normalized spacial score (nSPS) is 20.3. The molecule has 0 bridgehead atoms. The quantitative estimate of drug-likeness (QED) is 0.00657. The summed E-state index contributed by atoms with van der Waals surface area (Å²) in [6, 6.07) is 0. The van der Waals surface area contributed by atoms with E-state index in [1.807, 2.05) is 43.4 Å². The van der Waals surface area contributed by atoms with Crippen LogP contribution in [-0.4, -0.2) is 180 Å². The highest BCUT2D eigenvalue weighted by atomic mass is 32.3. The van der Waals surface area contributed by atoms with Gasteiger partial charge in [-0.2, -0.15) is 8.42 Å². The number of nitrogens with two attached hydrogens (primary N) is 2. The van der Waals surface area contributed by atoms with Crippen LogP contribution in [0.4, 0.5) is 0 Å². The standard InChI is InChI=1S/C66H105N3O18S/c1-48(52(5)70)28-20-16-12-11-13-17-21-29-49(2)64(81)50(3)62(80)37-22-18-14-9-7-6-8-10-15-19-23-38-63(87-88(82,83)84)51(4)66(85-40-41-86-66)47-61(79)46-58(76)35-26-34-57(75)45-60(78)44-56(74)33-25-32-54(72)42-53(71)30-24-31-55(73)43-59(77)36-27-39-69-65(67)68/h6-12,14-16,18-26,28-30,33,35,37,49-51,53-64,71-81H,13,17,27,31-32,34,36,38-47H2,1-5H3,(H4,67,68,69)(H,82,83,84)/b8-6+,9-7+,12-11+,15-10+,18-14+,20-16+,23-19+,29-21+,30-24+,33-25+,35-26+,37-22+,48-28+. The van der Waals surface area contributed by atoms with Crippen molar-refractivity contribution in [2.75, 3.05) is 19.8 Å². The summed E-state index contributed by atoms with van der Waals surface area (Å²) < 4.78 is 50.5. The van der Waals surface area contributed by atoms with Gasteiger partial charge in [0.2, 0.25) is 0 Å². The summed E-state index contributed by atoms with van der Waals surface area (Å²) in [5.41, 5.74) is 11.2. The van der Waals surface area contributed by atoms with Gasteiger partial charge in [0, 0.05) is 50.0 Å². The number of guanidine groups is 1. The second kappa shape index (κ2) is 46.9. The third-order valence-corrected chi connectivity index (χ3v) is 14.8. The van der Waals surface area contributed by atoms with Gasteiger partial charge in [0.25, 0.3) is 0 Å². The van der Waals surface area contributed by atoms with Crippen LogP contribution in [0.25, 0.3) is 0 Å². The number of rotatable bonds is 47. The zero-order valence-electron chi connectivity index (χ0n) is 51.9. The summed E-state index contributed by atoms with van der Waals surface area (Å²) in [4.78, 5) is 15.1. The molecule has 15 unspecified atom stereocenters. The average molecular weight is 1260 g/mol. The van der Waals surface area contributed by atoms with Crippen molar-refractivity contribution < 1.29 is 87.6 Å². The number of nitrogens with zero attached hydrogens (tertiary/aromatic N) is 1. The number of unbranched alkanes of at least 4 members (excludes halogenated alkanes) is 1. The maximum atomic E-state index is 12.0. The van der Waals surface area contributed by atoms with Crippen molar-refractivity contribution >= 4 is 22.1 Å². The Labute approximate surface area is 522 Å². The van der Waals surface area contributed by atoms with E-state index >= 15 is 0 Å². The lowest BCUT2D eigenvalue weighted by molar-refractivity contribution is -0.225. The maximum Gasteiger partial charge on any atom is 0.397 e. The minimum absolute atomic E-state index is 0.00934. The van der Waals surface area contributed by atoms with Crippen molar-refractivity contribution in [1.82, 2.24) is 0 Å². The molecule has 1 aliphatic heterocycles. The van der Waals surface area contributed by atoms with Crippen LogP contribution in [0.15, 0.2) is 162 Å². The van der Waals surface area contributed by atoms with Crippen molar-refractivity contribution in [2.24, 2.45) is 34.2 Å². The molecule has 0 aromatic carbocycles. The first-order valence-corrected chi connectivity index (χ1v) is 31.7. The molecule has 0 spiro atoms. The first-order valence-electron chi connectivity index (χ1n) is 30.3. The van der Waals surface area contributed by atoms with Crippen LogP contribution >= 0.6 is 0 Å². The van der Waals surface area contributed by atoms with Gasteiger partial charge in [0.05, 0.1) is 86.5 Å². The lowest BCUT2D eigenvalue weighted by Gasteiger charge is -2.38. The van der Waals surface area contributed by atoms with Crippen molar-refractivity contribution in [1.29, 1.82) is 0 Å². The number of aliphatic imine (C=N–C) groups is 1. The summed E-state index contributed by atoms with van der Waals surface area (Å²) in [6.45, 7) is 9.23. The van der Waals surface area contributed by atoms with Gasteiger partial charge >= 0.3 is 10.4 Å². The Morgan fingerprint density at radius 2 is 1.02 bits per heavy atom. The number of carbonyl (C=O) groups is 1. The van der Waals surface area contributed by atoms with E-state index in [0.717, 1.165) is 12.8 Å². The van der Waals surface area contributed by atoms with E-state index in [1.165, 1.54) is 37.3 Å². The molecule has 1 aliphatic rings. The topological polar surface area (TPSA) is 386 Å². The maximum absolute atomic E-state index is 12.0. The zero-order valence-corrected chi connectivity index (χ0v) is 52.8. The van der Waals surface area contributed by atoms with Crippen LogP contribution in [-0.2, 0) is 28.9 Å². The molecule has 16 N–H and O–H groups in total. The van der Waals surface area contributed by atoms with Crippen molar-refractivity contribution in [3.05, 3.63) is 157 Å². The number of ether oxygens (including phenoxy) is 2. The van der Waals surface area contributed by atoms with Gasteiger partial charge in [-0.1, -0.05) is 173 Å². The van der Waals surface area contributed by atoms with E-state index in [9.17, 15) is 73.9 Å². The Kier molecular flexibility index (Phi) is 43.1. The Bertz CT molecular complexity index is 2470. The van der Waals surface area contributed by atoms with Crippen LogP contribution in [0.5, 0.6) is 0 Å². The molecule has 0 amide bonds. The SMILES string of the molecule is CC(=O)/C(C)=C/C=C/C=C/CC/C=C/C(C)C(O)C(C)C(O)/C=C/C=C/C=C/C=C/C=C/C=C/CC(OS(=O)(=O)O)C(C)C1(CC(O)CC(O)/C=C/CC(O)CC(O)CC(O)/C=C/CC(O)CC(O)/C=C/CC(O)CC(O)CCCN=C(N)N)OCCO1. The van der Waals surface area contributed by atoms with Crippen LogP contribution in [0.3, 0.4) is 0 Å². The number of hydrogen-bond donors (Lipinski definition) is 14. The fraction of sp³-hybridized carbons (Fsp3) is 0.576. The summed E-state index contributed by atoms with van der Waals surface area (Å²) >= 11 is 0. The Morgan fingerprint density at radius 3 is 1.56 bits per heavy atom. The molecule has 15 atom stereocenters. The van der Waals surface area contributed by atoms with Crippen molar-refractivity contribution in [3.8, 4) is 0 Å². The molecule has 21 nitrogen and oxygen atoms in total. The minimum Gasteiger partial charge on any atom is -0.393 e. The lowest BCUT2D eigenvalue weighted by Crippen LogP contribution is -2.47. The molecule has 22 heteroatoms. The predicted octanol–water partition coefficient (Wildman–Crippen LogP) is 5.74. The molecule has 498 valence electrons. The van der Waals surface area contributed by atoms with Crippen molar-refractivity contribution in [3.63, 3.8) is 0 Å². The molecule has 0 aromatic heterocycles. The number of allylic oxidation sites excluding steroid dienone is 17. The Morgan fingerprint density at radius 1 is 0.557 bits per heavy atom. The molecule has 0 radical (unpaired) electrons. The molecular weight excluding hydrogens is 1150 g/mol. The molecular formula is C66H105N3O18S. The van der Waals surface area contributed by atoms with Gasteiger partial charge in [-0.3, -0.25) is 14.3 Å². The number of aliphatic hydroxyl groups is 11. The molecule has 1 fully saturated rings. The second-order valence-electron chi connectivity index (χ2n) is 22.3. The third kappa shape index (κ3) is 40.5. The average Bonchev–Trinajstić information content (AvgIpc) is 1.67. The van der Waals surface area contributed by atoms with Gasteiger partial charge in [-0.25, -0.2) is 4.18 Å². The lowest BCUT2D eigenvalue weighted by atomic mass is 9.87. The molecule has 1 heterocycles. The van der Waals surface area contributed by atoms with E-state index in [-0.39, 0.29) is 95.1 Å². The molecule has 0 aromatic rings. The summed E-state index contributed by atoms with van der Waals surface area (Å²) in [5.74, 6) is -2.95. The molecule has 0 aliphatic carbocycles. The van der Waals surface area contributed by atoms with E-state index in [4.69, 9.17) is 25.1 Å². The van der Waals surface area contributed by atoms with Gasteiger partial charge in [0.15, 0.2) is 17.5 Å². The smallest absolute Gasteiger partial charge is 0.393 e. The van der Waals surface area contributed by atoms with Gasteiger partial charge in [0.1, 0.15) is 0 Å². The fourth-order valence-corrected chi connectivity index (χ4v) is 9.70. The first-order chi connectivity index (χ1) is 41.6. The highest BCUT2D eigenvalue weighted by Crippen LogP contribution is 2.38. The summed E-state index contributed by atoms with van der Waals surface area (Å²) in [7, 11) is -4.93. The van der Waals surface area contributed by atoms with Crippen molar-refractivity contribution in [2.45, 2.75) is 204 Å². The minimum atomic E-state index is -4.93. The molecule has 88 heavy (non-hydrogen) atoms. The Hall–Kier alpha value is -5.09. The molecule has 1 rings (SSSR count). The number of aliphatic hydroxyl groups excluding tert-OH is 11. The van der Waals surface area contributed by atoms with E-state index < -0.39 is 101 Å².